The van der Waals surface area contributed by atoms with E-state index in [1.54, 1.807) is 35.4 Å². The van der Waals surface area contributed by atoms with Crippen LogP contribution in [-0.2, 0) is 9.59 Å². The second-order valence-corrected chi connectivity index (χ2v) is 14.2. The quantitative estimate of drug-likeness (QED) is 0.111. The first-order valence-electron chi connectivity index (χ1n) is 18.4. The maximum atomic E-state index is 13.7. The molecule has 0 unspecified atom stereocenters. The van der Waals surface area contributed by atoms with Crippen molar-refractivity contribution in [2.75, 3.05) is 33.7 Å². The van der Waals surface area contributed by atoms with E-state index in [-0.39, 0.29) is 23.9 Å². The topological polar surface area (TPSA) is 151 Å². The summed E-state index contributed by atoms with van der Waals surface area (Å²) in [5.41, 5.74) is 6.53. The number of likely N-dealkylation sites (tertiary alicyclic amines) is 2. The van der Waals surface area contributed by atoms with Gasteiger partial charge in [-0.25, -0.2) is 14.8 Å². The SMILES string of the molecule is CN(C)CCCC(=O)N1CCC[C@H]1c1ncc(-c2ccc(-c3ccc(-c4cnc([C@@H]5CCCN5C(=O)[C@H](NC(=O)O)c5ccccc5)[nH]4)cc3)cc2)[nH]1. The number of nitrogens with zero attached hydrogens (tertiary/aromatic N) is 5. The minimum Gasteiger partial charge on any atom is -0.465 e. The highest BCUT2D eigenvalue weighted by atomic mass is 16.4. The van der Waals surface area contributed by atoms with Gasteiger partial charge in [0.05, 0.1) is 35.9 Å². The number of benzene rings is 3. The number of carbonyl (C=O) groups is 3. The monoisotopic (exact) mass is 714 g/mol. The number of rotatable bonds is 12. The van der Waals surface area contributed by atoms with E-state index in [9.17, 15) is 19.5 Å². The lowest BCUT2D eigenvalue weighted by Crippen LogP contribution is -2.42. The number of imidazole rings is 2. The first kappa shape index (κ1) is 35.6. The fourth-order valence-electron chi connectivity index (χ4n) is 7.57. The van der Waals surface area contributed by atoms with Crippen LogP contribution in [0.15, 0.2) is 91.3 Å². The third-order valence-electron chi connectivity index (χ3n) is 10.3. The van der Waals surface area contributed by atoms with Crippen molar-refractivity contribution in [2.45, 2.75) is 56.7 Å². The summed E-state index contributed by atoms with van der Waals surface area (Å²) >= 11 is 0. The van der Waals surface area contributed by atoms with E-state index in [4.69, 9.17) is 4.98 Å². The molecule has 12 heteroatoms. The standard InChI is InChI=1S/C41H46N8O4/c1-47(2)22-8-13-36(50)48-23-6-11-34(48)38-42-25-32(44-38)29-18-14-27(15-19-29)28-16-20-30(21-17-28)33-26-43-39(45-33)35-12-7-24-49(35)40(51)37(46-41(52)53)31-9-4-3-5-10-31/h3-5,9-10,14-21,25-26,34-35,37,46H,6-8,11-13,22-24H2,1-2H3,(H,42,44)(H,43,45)(H,52,53)/t34-,35-,37+/m0/s1. The summed E-state index contributed by atoms with van der Waals surface area (Å²) in [6, 6.07) is 24.3. The number of nitrogens with one attached hydrogen (secondary N) is 3. The Labute approximate surface area is 309 Å². The third kappa shape index (κ3) is 8.02. The fourth-order valence-corrected chi connectivity index (χ4v) is 7.57. The van der Waals surface area contributed by atoms with Crippen LogP contribution in [0.25, 0.3) is 33.6 Å². The largest absolute Gasteiger partial charge is 0.465 e. The van der Waals surface area contributed by atoms with Crippen LogP contribution in [0.2, 0.25) is 0 Å². The Kier molecular flexibility index (Phi) is 10.7. The molecule has 0 saturated carbocycles. The molecule has 3 aromatic carbocycles. The molecule has 0 bridgehead atoms. The van der Waals surface area contributed by atoms with Crippen LogP contribution in [-0.4, -0.2) is 91.4 Å². The van der Waals surface area contributed by atoms with E-state index in [0.717, 1.165) is 84.7 Å². The molecule has 7 rings (SSSR count). The Morgan fingerprint density at radius 1 is 0.774 bits per heavy atom. The average Bonchev–Trinajstić information content (AvgIpc) is 4.01. The van der Waals surface area contributed by atoms with Crippen molar-refractivity contribution in [1.82, 2.24) is 40.0 Å². The van der Waals surface area contributed by atoms with E-state index in [2.05, 4.69) is 73.7 Å². The molecule has 2 aliphatic heterocycles. The van der Waals surface area contributed by atoms with Crippen LogP contribution >= 0.6 is 0 Å². The summed E-state index contributed by atoms with van der Waals surface area (Å²) in [6.07, 6.45) is 7.25. The van der Waals surface area contributed by atoms with Crippen LogP contribution in [0.4, 0.5) is 4.79 Å². The smallest absolute Gasteiger partial charge is 0.405 e. The van der Waals surface area contributed by atoms with Gasteiger partial charge in [-0.2, -0.15) is 0 Å². The molecule has 2 aliphatic rings. The van der Waals surface area contributed by atoms with E-state index in [1.807, 2.05) is 31.3 Å². The lowest BCUT2D eigenvalue weighted by Gasteiger charge is -2.28. The maximum Gasteiger partial charge on any atom is 0.405 e. The predicted molar refractivity (Wildman–Crippen MR) is 203 cm³/mol. The molecule has 12 nitrogen and oxygen atoms in total. The molecule has 3 amide bonds. The highest BCUT2D eigenvalue weighted by Gasteiger charge is 2.37. The predicted octanol–water partition coefficient (Wildman–Crippen LogP) is 6.81. The van der Waals surface area contributed by atoms with Gasteiger partial charge in [-0.05, 0) is 80.6 Å². The molecule has 53 heavy (non-hydrogen) atoms. The van der Waals surface area contributed by atoms with E-state index in [1.165, 1.54) is 0 Å². The van der Waals surface area contributed by atoms with E-state index >= 15 is 0 Å². The van der Waals surface area contributed by atoms with Gasteiger partial charge in [0.25, 0.3) is 5.91 Å². The zero-order chi connectivity index (χ0) is 36.9. The van der Waals surface area contributed by atoms with Gasteiger partial charge in [0.2, 0.25) is 5.91 Å². The minimum atomic E-state index is -1.25. The summed E-state index contributed by atoms with van der Waals surface area (Å²) in [4.78, 5) is 60.4. The maximum absolute atomic E-state index is 13.7. The molecule has 274 valence electrons. The van der Waals surface area contributed by atoms with Gasteiger partial charge in [0.1, 0.15) is 17.7 Å². The highest BCUT2D eigenvalue weighted by Crippen LogP contribution is 2.35. The normalized spacial score (nSPS) is 17.7. The Morgan fingerprint density at radius 3 is 1.81 bits per heavy atom. The zero-order valence-electron chi connectivity index (χ0n) is 30.2. The van der Waals surface area contributed by atoms with Gasteiger partial charge in [-0.15, -0.1) is 0 Å². The van der Waals surface area contributed by atoms with Crippen molar-refractivity contribution in [3.8, 4) is 33.6 Å². The lowest BCUT2D eigenvalue weighted by atomic mass is 10.0. The summed E-state index contributed by atoms with van der Waals surface area (Å²) in [5.74, 6) is 1.44. The van der Waals surface area contributed by atoms with Crippen molar-refractivity contribution in [3.63, 3.8) is 0 Å². The molecule has 0 aliphatic carbocycles. The summed E-state index contributed by atoms with van der Waals surface area (Å²) in [6.45, 7) is 2.20. The van der Waals surface area contributed by atoms with Crippen LogP contribution in [0, 0.1) is 0 Å². The Bertz CT molecular complexity index is 2020. The fraction of sp³-hybridized carbons (Fsp3) is 0.341. The molecular weight excluding hydrogens is 669 g/mol. The van der Waals surface area contributed by atoms with E-state index < -0.39 is 12.1 Å². The minimum absolute atomic E-state index is 0.00736. The van der Waals surface area contributed by atoms with Crippen molar-refractivity contribution in [3.05, 3.63) is 108 Å². The first-order chi connectivity index (χ1) is 25.7. The van der Waals surface area contributed by atoms with Crippen LogP contribution < -0.4 is 5.32 Å². The van der Waals surface area contributed by atoms with Gasteiger partial charge in [0, 0.05) is 19.5 Å². The lowest BCUT2D eigenvalue weighted by molar-refractivity contribution is -0.134. The third-order valence-corrected chi connectivity index (χ3v) is 10.3. The summed E-state index contributed by atoms with van der Waals surface area (Å²) < 4.78 is 0. The Balaban J connectivity index is 0.996. The molecule has 2 aromatic heterocycles. The molecule has 0 spiro atoms. The van der Waals surface area contributed by atoms with Gasteiger partial charge in [0.15, 0.2) is 0 Å². The first-order valence-corrected chi connectivity index (χ1v) is 18.4. The van der Waals surface area contributed by atoms with Crippen LogP contribution in [0.1, 0.15) is 73.9 Å². The van der Waals surface area contributed by atoms with Gasteiger partial charge >= 0.3 is 6.09 Å². The summed E-state index contributed by atoms with van der Waals surface area (Å²) in [5, 5.41) is 11.9. The second kappa shape index (κ2) is 15.9. The number of hydrogen-bond acceptors (Lipinski definition) is 6. The van der Waals surface area contributed by atoms with Crippen molar-refractivity contribution in [2.24, 2.45) is 0 Å². The van der Waals surface area contributed by atoms with Crippen LogP contribution in [0.3, 0.4) is 0 Å². The van der Waals surface area contributed by atoms with Crippen molar-refractivity contribution >= 4 is 17.9 Å². The van der Waals surface area contributed by atoms with Crippen molar-refractivity contribution < 1.29 is 19.5 Å². The molecule has 4 N–H and O–H groups in total. The van der Waals surface area contributed by atoms with Crippen molar-refractivity contribution in [1.29, 1.82) is 0 Å². The molecule has 4 heterocycles. The molecule has 3 atom stereocenters. The van der Waals surface area contributed by atoms with Gasteiger partial charge in [-0.1, -0.05) is 78.9 Å². The molecule has 0 radical (unpaired) electrons. The second-order valence-electron chi connectivity index (χ2n) is 14.2. The van der Waals surface area contributed by atoms with Crippen LogP contribution in [0.5, 0.6) is 0 Å². The average molecular weight is 715 g/mol. The molecule has 2 fully saturated rings. The van der Waals surface area contributed by atoms with Gasteiger partial charge < -0.3 is 35.1 Å². The highest BCUT2D eigenvalue weighted by molar-refractivity contribution is 5.87. The number of carboxylic acid groups (broad SMARTS) is 1. The molecule has 2 saturated heterocycles. The summed E-state index contributed by atoms with van der Waals surface area (Å²) in [7, 11) is 4.06. The number of aromatic amines is 2. The Hall–Kier alpha value is -5.75. The number of hydrogen-bond donors (Lipinski definition) is 4. The number of H-pyrrole nitrogens is 2. The number of carbonyl (C=O) groups excluding carboxylic acids is 2. The molecular formula is C41H46N8O4. The Morgan fingerprint density at radius 2 is 1.28 bits per heavy atom. The molecule has 5 aromatic rings. The number of aromatic nitrogens is 4. The zero-order valence-corrected chi connectivity index (χ0v) is 30.2. The van der Waals surface area contributed by atoms with E-state index in [0.29, 0.717) is 24.4 Å². The van der Waals surface area contributed by atoms with Gasteiger partial charge in [-0.3, -0.25) is 9.59 Å². The number of amides is 3.